The molecule has 84 valence electrons. The largest absolute Gasteiger partial charge is 0.304 e. The van der Waals surface area contributed by atoms with Gasteiger partial charge in [-0.2, -0.15) is 0 Å². The molecule has 0 spiro atoms. The Morgan fingerprint density at radius 2 is 1.62 bits per heavy atom. The van der Waals surface area contributed by atoms with Gasteiger partial charge in [-0.05, 0) is 6.07 Å². The number of nitro groups is 2. The van der Waals surface area contributed by atoms with E-state index in [1.165, 1.54) is 0 Å². The maximum atomic E-state index is 10.5. The van der Waals surface area contributed by atoms with Gasteiger partial charge in [-0.3, -0.25) is 25.4 Å². The first-order valence-corrected chi connectivity index (χ1v) is 3.73. The Morgan fingerprint density at radius 1 is 1.19 bits per heavy atom. The molecule has 0 unspecified atom stereocenters. The molecule has 0 saturated heterocycles. The van der Waals surface area contributed by atoms with Crippen LogP contribution in [0.3, 0.4) is 0 Å². The number of para-hydroxylation sites is 1. The van der Waals surface area contributed by atoms with Crippen molar-refractivity contribution in [3.63, 3.8) is 0 Å². The van der Waals surface area contributed by atoms with Gasteiger partial charge in [0.25, 0.3) is 0 Å². The maximum Gasteiger partial charge on any atom is 0.304 e. The molecule has 0 radical (unpaired) electrons. The number of nitrogens with zero attached hydrogens (tertiary/aromatic N) is 4. The zero-order valence-corrected chi connectivity index (χ0v) is 7.51. The minimum Gasteiger partial charge on any atom is -0.264 e. The van der Waals surface area contributed by atoms with Gasteiger partial charge >= 0.3 is 11.4 Å². The number of benzene rings is 1. The van der Waals surface area contributed by atoms with Crippen LogP contribution in [0.4, 0.5) is 17.1 Å². The van der Waals surface area contributed by atoms with Crippen LogP contribution in [0.1, 0.15) is 0 Å². The summed E-state index contributed by atoms with van der Waals surface area (Å²) >= 11 is 0. The van der Waals surface area contributed by atoms with Crippen LogP contribution in [0.5, 0.6) is 0 Å². The van der Waals surface area contributed by atoms with Crippen LogP contribution in [-0.2, 0) is 0 Å². The van der Waals surface area contributed by atoms with Gasteiger partial charge in [-0.25, -0.2) is 0 Å². The monoisotopic (exact) mass is 228 g/mol. The van der Waals surface area contributed by atoms with Gasteiger partial charge in [0.05, 0.1) is 15.1 Å². The van der Waals surface area contributed by atoms with E-state index in [4.69, 9.17) is 5.21 Å². The van der Waals surface area contributed by atoms with Crippen LogP contribution in [-0.4, -0.2) is 15.1 Å². The van der Waals surface area contributed by atoms with E-state index in [0.29, 0.717) is 0 Å². The number of rotatable bonds is 4. The van der Waals surface area contributed by atoms with Crippen molar-refractivity contribution >= 4 is 17.1 Å². The summed E-state index contributed by atoms with van der Waals surface area (Å²) in [7, 11) is 0. The molecule has 0 aliphatic heterocycles. The first-order chi connectivity index (χ1) is 7.49. The Morgan fingerprint density at radius 3 is 1.94 bits per heavy atom. The minimum absolute atomic E-state index is 0.448. The Kier molecular flexibility index (Phi) is 3.06. The third-order valence-corrected chi connectivity index (χ3v) is 1.66. The van der Waals surface area contributed by atoms with Gasteiger partial charge in [0.1, 0.15) is 0 Å². The van der Waals surface area contributed by atoms with Crippen molar-refractivity contribution in [1.29, 1.82) is 0 Å². The fourth-order valence-electron chi connectivity index (χ4n) is 1.06. The van der Waals surface area contributed by atoms with E-state index in [0.717, 1.165) is 18.2 Å². The summed E-state index contributed by atoms with van der Waals surface area (Å²) in [5.74, 6) is 0. The number of nitroso groups, excluding NO2 is 1. The van der Waals surface area contributed by atoms with Crippen LogP contribution in [0.25, 0.3) is 0 Å². The Bertz CT molecular complexity index is 428. The van der Waals surface area contributed by atoms with Gasteiger partial charge in [0.2, 0.25) is 5.69 Å². The van der Waals surface area contributed by atoms with Gasteiger partial charge in [0.15, 0.2) is 0 Å². The van der Waals surface area contributed by atoms with E-state index >= 15 is 0 Å². The fraction of sp³-hybridized carbons (Fsp3) is 0. The lowest BCUT2D eigenvalue weighted by Crippen LogP contribution is -2.12. The molecular weight excluding hydrogens is 224 g/mol. The van der Waals surface area contributed by atoms with Crippen LogP contribution in [0.15, 0.2) is 23.5 Å². The quantitative estimate of drug-likeness (QED) is 0.466. The summed E-state index contributed by atoms with van der Waals surface area (Å²) < 4.78 is 0. The lowest BCUT2D eigenvalue weighted by Gasteiger charge is -2.06. The smallest absolute Gasteiger partial charge is 0.264 e. The molecule has 0 saturated carbocycles. The van der Waals surface area contributed by atoms with Gasteiger partial charge < -0.3 is 0 Å². The third-order valence-electron chi connectivity index (χ3n) is 1.66. The van der Waals surface area contributed by atoms with Crippen molar-refractivity contribution < 1.29 is 15.1 Å². The highest BCUT2D eigenvalue weighted by atomic mass is 16.6. The first-order valence-electron chi connectivity index (χ1n) is 3.73. The normalized spacial score (nSPS) is 9.56. The Labute approximate surface area is 86.9 Å². The second kappa shape index (κ2) is 4.27. The molecule has 1 aromatic carbocycles. The molecule has 0 fully saturated rings. The first kappa shape index (κ1) is 11.5. The van der Waals surface area contributed by atoms with Crippen molar-refractivity contribution in [1.82, 2.24) is 0 Å². The van der Waals surface area contributed by atoms with Crippen molar-refractivity contribution in [3.05, 3.63) is 43.3 Å². The molecule has 0 aliphatic carbocycles. The highest BCUT2D eigenvalue weighted by molar-refractivity contribution is 5.73. The molecule has 10 heteroatoms. The number of hydrogen-bond donors (Lipinski definition) is 1. The molecule has 10 nitrogen and oxygen atoms in total. The van der Waals surface area contributed by atoms with Crippen LogP contribution < -0.4 is 5.17 Å². The standard InChI is InChI=1S/C6H4N4O6/c11-7-8(12)6-4(9(13)14)2-1-3-5(6)10(15)16/h1-3,12H. The summed E-state index contributed by atoms with van der Waals surface area (Å²) in [5, 5.41) is 31.5. The Balaban J connectivity index is 3.52. The lowest BCUT2D eigenvalue weighted by atomic mass is 10.2. The van der Waals surface area contributed by atoms with Crippen LogP contribution in [0.2, 0.25) is 0 Å². The van der Waals surface area contributed by atoms with E-state index in [9.17, 15) is 25.1 Å². The zero-order chi connectivity index (χ0) is 12.3. The molecule has 1 rings (SSSR count). The number of nitro benzene ring substituents is 2. The predicted octanol–water partition coefficient (Wildman–Crippen LogP) is 1.38. The molecule has 0 heterocycles. The van der Waals surface area contributed by atoms with Crippen molar-refractivity contribution in [2.24, 2.45) is 5.29 Å². The van der Waals surface area contributed by atoms with Crippen LogP contribution >= 0.6 is 0 Å². The van der Waals surface area contributed by atoms with E-state index in [-0.39, 0.29) is 0 Å². The molecule has 0 amide bonds. The van der Waals surface area contributed by atoms with Crippen molar-refractivity contribution in [2.75, 3.05) is 5.17 Å². The minimum atomic E-state index is -0.975. The summed E-state index contributed by atoms with van der Waals surface area (Å²) in [6.45, 7) is 0. The number of hydrogen-bond acceptors (Lipinski definition) is 7. The Hall–Kier alpha value is -2.62. The van der Waals surface area contributed by atoms with Crippen LogP contribution in [0, 0.1) is 25.1 Å². The van der Waals surface area contributed by atoms with Gasteiger partial charge in [0, 0.05) is 12.1 Å². The molecule has 0 atom stereocenters. The summed E-state index contributed by atoms with van der Waals surface area (Å²) in [5.41, 5.74) is -2.47. The average molecular weight is 228 g/mol. The lowest BCUT2D eigenvalue weighted by molar-refractivity contribution is -0.393. The molecule has 16 heavy (non-hydrogen) atoms. The SMILES string of the molecule is O=NN(O)c1c([N+](=O)[O-])cccc1[N+](=O)[O-]. The molecule has 1 N–H and O–H groups in total. The van der Waals surface area contributed by atoms with E-state index in [1.54, 1.807) is 0 Å². The summed E-state index contributed by atoms with van der Waals surface area (Å²) in [6, 6.07) is 2.85. The molecule has 0 aromatic heterocycles. The van der Waals surface area contributed by atoms with E-state index in [1.807, 2.05) is 5.29 Å². The molecular formula is C6H4N4O6. The highest BCUT2D eigenvalue weighted by Gasteiger charge is 2.29. The molecule has 1 aromatic rings. The fourth-order valence-corrected chi connectivity index (χ4v) is 1.06. The average Bonchev–Trinajstić information content (AvgIpc) is 2.26. The molecule has 0 aliphatic rings. The predicted molar refractivity (Wildman–Crippen MR) is 49.8 cm³/mol. The zero-order valence-electron chi connectivity index (χ0n) is 7.51. The summed E-state index contributed by atoms with van der Waals surface area (Å²) in [4.78, 5) is 29.1. The number of anilines is 1. The van der Waals surface area contributed by atoms with Crippen molar-refractivity contribution in [3.8, 4) is 0 Å². The maximum absolute atomic E-state index is 10.5. The molecule has 0 bridgehead atoms. The third kappa shape index (κ3) is 1.90. The highest BCUT2D eigenvalue weighted by Crippen LogP contribution is 2.36. The van der Waals surface area contributed by atoms with E-state index in [2.05, 4.69) is 0 Å². The topological polar surface area (TPSA) is 139 Å². The van der Waals surface area contributed by atoms with Gasteiger partial charge in [-0.15, -0.1) is 4.91 Å². The second-order valence-electron chi connectivity index (χ2n) is 2.53. The summed E-state index contributed by atoms with van der Waals surface area (Å²) in [6.07, 6.45) is 0. The van der Waals surface area contributed by atoms with E-state index < -0.39 is 32.1 Å². The van der Waals surface area contributed by atoms with Crippen molar-refractivity contribution in [2.45, 2.75) is 0 Å². The van der Waals surface area contributed by atoms with Gasteiger partial charge in [-0.1, -0.05) is 5.17 Å². The second-order valence-corrected chi connectivity index (χ2v) is 2.53.